The molecule has 0 aromatic carbocycles. The average Bonchev–Trinajstić information content (AvgIpc) is 2.26. The van der Waals surface area contributed by atoms with Gasteiger partial charge in [0, 0.05) is 12.6 Å². The summed E-state index contributed by atoms with van der Waals surface area (Å²) in [6.45, 7) is 4.75. The van der Waals surface area contributed by atoms with E-state index in [1.807, 2.05) is 0 Å². The summed E-state index contributed by atoms with van der Waals surface area (Å²) in [4.78, 5) is 10.9. The smallest absolute Gasteiger partial charge is 0.306 e. The van der Waals surface area contributed by atoms with Gasteiger partial charge in [0.2, 0.25) is 0 Å². The van der Waals surface area contributed by atoms with E-state index >= 15 is 0 Å². The number of carboxylic acids is 1. The van der Waals surface area contributed by atoms with Gasteiger partial charge < -0.3 is 15.5 Å². The maximum atomic E-state index is 10.9. The Morgan fingerprint density at radius 2 is 2.12 bits per heavy atom. The molecule has 0 aromatic rings. The molecule has 3 N–H and O–H groups in total. The van der Waals surface area contributed by atoms with Crippen LogP contribution in [0.15, 0.2) is 0 Å². The lowest BCUT2D eigenvalue weighted by Crippen LogP contribution is -2.40. The summed E-state index contributed by atoms with van der Waals surface area (Å²) in [6.07, 6.45) is 3.96. The lowest BCUT2D eigenvalue weighted by atomic mass is 9.85. The molecule has 0 aromatic heterocycles. The largest absolute Gasteiger partial charge is 0.481 e. The fourth-order valence-corrected chi connectivity index (χ4v) is 2.53. The zero-order valence-electron chi connectivity index (χ0n) is 10.9. The Morgan fingerprint density at radius 3 is 2.71 bits per heavy atom. The fraction of sp³-hybridized carbons (Fsp3) is 0.923. The minimum absolute atomic E-state index is 0.205. The van der Waals surface area contributed by atoms with Crippen molar-refractivity contribution in [1.29, 1.82) is 0 Å². The number of nitrogens with one attached hydrogen (secondary N) is 1. The Balaban J connectivity index is 2.24. The Kier molecular flexibility index (Phi) is 5.92. The van der Waals surface area contributed by atoms with Crippen molar-refractivity contribution in [2.24, 2.45) is 11.8 Å². The second kappa shape index (κ2) is 6.97. The van der Waals surface area contributed by atoms with Crippen LogP contribution >= 0.6 is 0 Å². The predicted molar refractivity (Wildman–Crippen MR) is 66.8 cm³/mol. The van der Waals surface area contributed by atoms with Crippen LogP contribution in [0.1, 0.15) is 46.0 Å². The Bertz CT molecular complexity index is 243. The highest BCUT2D eigenvalue weighted by Crippen LogP contribution is 2.24. The van der Waals surface area contributed by atoms with Crippen molar-refractivity contribution < 1.29 is 15.0 Å². The van der Waals surface area contributed by atoms with Crippen LogP contribution in [0.5, 0.6) is 0 Å². The summed E-state index contributed by atoms with van der Waals surface area (Å²) >= 11 is 0. The Morgan fingerprint density at radius 1 is 1.41 bits per heavy atom. The third-order valence-electron chi connectivity index (χ3n) is 3.41. The van der Waals surface area contributed by atoms with E-state index in [0.29, 0.717) is 18.9 Å². The number of hydrogen-bond donors (Lipinski definition) is 3. The molecular weight excluding hydrogens is 218 g/mol. The maximum Gasteiger partial charge on any atom is 0.306 e. The third kappa shape index (κ3) is 5.50. The molecule has 0 saturated heterocycles. The Labute approximate surface area is 103 Å². The predicted octanol–water partition coefficient (Wildman–Crippen LogP) is 1.63. The molecule has 1 fully saturated rings. The highest BCUT2D eigenvalue weighted by Gasteiger charge is 2.26. The van der Waals surface area contributed by atoms with E-state index in [4.69, 9.17) is 5.11 Å². The molecule has 3 unspecified atom stereocenters. The minimum Gasteiger partial charge on any atom is -0.481 e. The second-order valence-electron chi connectivity index (χ2n) is 5.59. The summed E-state index contributed by atoms with van der Waals surface area (Å²) in [5.41, 5.74) is 0. The molecule has 4 heteroatoms. The van der Waals surface area contributed by atoms with Gasteiger partial charge in [-0.05, 0) is 31.6 Å². The number of carbonyl (C=O) groups is 1. The van der Waals surface area contributed by atoms with Gasteiger partial charge in [-0.25, -0.2) is 0 Å². The van der Waals surface area contributed by atoms with Crippen LogP contribution in [0, 0.1) is 11.8 Å². The third-order valence-corrected chi connectivity index (χ3v) is 3.41. The lowest BCUT2D eigenvalue weighted by molar-refractivity contribution is -0.143. The van der Waals surface area contributed by atoms with Crippen molar-refractivity contribution in [1.82, 2.24) is 5.32 Å². The molecule has 0 bridgehead atoms. The van der Waals surface area contributed by atoms with Gasteiger partial charge >= 0.3 is 5.97 Å². The van der Waals surface area contributed by atoms with Crippen LogP contribution in [0.25, 0.3) is 0 Å². The zero-order valence-corrected chi connectivity index (χ0v) is 10.9. The molecule has 0 spiro atoms. The van der Waals surface area contributed by atoms with E-state index in [9.17, 15) is 9.90 Å². The summed E-state index contributed by atoms with van der Waals surface area (Å²) in [6, 6.07) is 0.256. The van der Waals surface area contributed by atoms with Gasteiger partial charge in [-0.3, -0.25) is 4.79 Å². The topological polar surface area (TPSA) is 69.6 Å². The molecule has 0 heterocycles. The normalized spacial score (nSPS) is 27.1. The van der Waals surface area contributed by atoms with Gasteiger partial charge in [0.1, 0.15) is 0 Å². The first-order valence-electron chi connectivity index (χ1n) is 6.63. The second-order valence-corrected chi connectivity index (χ2v) is 5.59. The molecule has 3 atom stereocenters. The molecule has 0 amide bonds. The number of aliphatic hydroxyl groups is 1. The highest BCUT2D eigenvalue weighted by atomic mass is 16.4. The first-order chi connectivity index (χ1) is 7.99. The van der Waals surface area contributed by atoms with Crippen molar-refractivity contribution in [2.75, 3.05) is 6.54 Å². The van der Waals surface area contributed by atoms with Crippen LogP contribution in [0.2, 0.25) is 0 Å². The van der Waals surface area contributed by atoms with Gasteiger partial charge in [0.05, 0.1) is 12.0 Å². The van der Waals surface area contributed by atoms with Crippen molar-refractivity contribution in [2.45, 2.75) is 58.1 Å². The lowest BCUT2D eigenvalue weighted by Gasteiger charge is -2.28. The van der Waals surface area contributed by atoms with E-state index in [1.54, 1.807) is 0 Å². The van der Waals surface area contributed by atoms with Crippen molar-refractivity contribution >= 4 is 5.97 Å². The quantitative estimate of drug-likeness (QED) is 0.663. The summed E-state index contributed by atoms with van der Waals surface area (Å²) < 4.78 is 0. The van der Waals surface area contributed by atoms with Gasteiger partial charge in [0.25, 0.3) is 0 Å². The first-order valence-corrected chi connectivity index (χ1v) is 6.63. The van der Waals surface area contributed by atoms with E-state index in [-0.39, 0.29) is 18.1 Å². The van der Waals surface area contributed by atoms with Gasteiger partial charge in [-0.1, -0.05) is 20.3 Å². The first kappa shape index (κ1) is 14.5. The molecule has 1 aliphatic carbocycles. The summed E-state index contributed by atoms with van der Waals surface area (Å²) in [7, 11) is 0. The molecule has 0 radical (unpaired) electrons. The van der Waals surface area contributed by atoms with Crippen LogP contribution in [-0.4, -0.2) is 34.9 Å². The van der Waals surface area contributed by atoms with Crippen LogP contribution in [-0.2, 0) is 4.79 Å². The number of rotatable bonds is 6. The van der Waals surface area contributed by atoms with E-state index < -0.39 is 5.97 Å². The SMILES string of the molecule is CC(C)CC(O)CNC1CCCC(C(=O)O)C1. The van der Waals surface area contributed by atoms with E-state index in [1.165, 1.54) is 0 Å². The van der Waals surface area contributed by atoms with Crippen LogP contribution in [0.4, 0.5) is 0 Å². The Hall–Kier alpha value is -0.610. The average molecular weight is 243 g/mol. The van der Waals surface area contributed by atoms with Crippen LogP contribution < -0.4 is 5.32 Å². The summed E-state index contributed by atoms with van der Waals surface area (Å²) in [5, 5.41) is 22.0. The van der Waals surface area contributed by atoms with Crippen molar-refractivity contribution in [3.8, 4) is 0 Å². The van der Waals surface area contributed by atoms with Crippen molar-refractivity contribution in [3.63, 3.8) is 0 Å². The molecule has 17 heavy (non-hydrogen) atoms. The fourth-order valence-electron chi connectivity index (χ4n) is 2.53. The van der Waals surface area contributed by atoms with Crippen LogP contribution in [0.3, 0.4) is 0 Å². The molecule has 1 saturated carbocycles. The molecule has 1 aliphatic rings. The van der Waals surface area contributed by atoms with E-state index in [0.717, 1.165) is 25.7 Å². The molecule has 1 rings (SSSR count). The van der Waals surface area contributed by atoms with Gasteiger partial charge in [0.15, 0.2) is 0 Å². The summed E-state index contributed by atoms with van der Waals surface area (Å²) in [5.74, 6) is -0.396. The van der Waals surface area contributed by atoms with Gasteiger partial charge in [-0.2, -0.15) is 0 Å². The number of carboxylic acid groups (broad SMARTS) is 1. The molecule has 0 aliphatic heterocycles. The standard InChI is InChI=1S/C13H25NO3/c1-9(2)6-12(15)8-14-11-5-3-4-10(7-11)13(16)17/h9-12,14-15H,3-8H2,1-2H3,(H,16,17). The number of aliphatic carboxylic acids is 1. The van der Waals surface area contributed by atoms with Crippen molar-refractivity contribution in [3.05, 3.63) is 0 Å². The highest BCUT2D eigenvalue weighted by molar-refractivity contribution is 5.70. The van der Waals surface area contributed by atoms with E-state index in [2.05, 4.69) is 19.2 Å². The maximum absolute atomic E-state index is 10.9. The minimum atomic E-state index is -0.681. The van der Waals surface area contributed by atoms with Gasteiger partial charge in [-0.15, -0.1) is 0 Å². The zero-order chi connectivity index (χ0) is 12.8. The number of aliphatic hydroxyl groups excluding tert-OH is 1. The molecular formula is C13H25NO3. The molecule has 100 valence electrons. The monoisotopic (exact) mass is 243 g/mol. The molecule has 4 nitrogen and oxygen atoms in total. The number of hydrogen-bond acceptors (Lipinski definition) is 3.